The third kappa shape index (κ3) is 7.08. The maximum absolute atomic E-state index is 12.0. The summed E-state index contributed by atoms with van der Waals surface area (Å²) in [6, 6.07) is -1.31. The average Bonchev–Trinajstić information content (AvgIpc) is 2.86. The lowest BCUT2D eigenvalue weighted by Crippen LogP contribution is -2.47. The molecule has 0 radical (unpaired) electrons. The van der Waals surface area contributed by atoms with Gasteiger partial charge in [-0.1, -0.05) is 0 Å². The van der Waals surface area contributed by atoms with Crippen LogP contribution in [0.5, 0.6) is 0 Å². The zero-order valence-electron chi connectivity index (χ0n) is 11.9. The topological polar surface area (TPSA) is 114 Å². The van der Waals surface area contributed by atoms with Gasteiger partial charge in [0.15, 0.2) is 5.78 Å². The van der Waals surface area contributed by atoms with Crippen molar-refractivity contribution in [2.24, 2.45) is 5.92 Å². The Morgan fingerprint density at radius 1 is 1.43 bits per heavy atom. The molecule has 23 heavy (non-hydrogen) atoms. The Morgan fingerprint density at radius 3 is 2.65 bits per heavy atom. The Bertz CT molecular complexity index is 469. The van der Waals surface area contributed by atoms with E-state index >= 15 is 0 Å². The highest BCUT2D eigenvalue weighted by Crippen LogP contribution is 2.19. The summed E-state index contributed by atoms with van der Waals surface area (Å²) >= 11 is 0. The van der Waals surface area contributed by atoms with Crippen molar-refractivity contribution in [2.45, 2.75) is 25.2 Å². The first-order chi connectivity index (χ1) is 10.7. The Hall–Kier alpha value is -2.17. The first-order valence-electron chi connectivity index (χ1n) is 6.70. The molecule has 0 aromatic heterocycles. The number of carbonyl (C=O) groups is 4. The van der Waals surface area contributed by atoms with Crippen molar-refractivity contribution in [3.63, 3.8) is 0 Å². The third-order valence-corrected chi connectivity index (χ3v) is 3.13. The SMILES string of the molecule is O=CNCC(=O)NC(CC1CCNC1=O)C(=O)COC(F)(F)F. The number of Topliss-reactive ketones (excluding diaryl/α,β-unsaturated/α-hetero) is 1. The minimum Gasteiger partial charge on any atom is -0.356 e. The van der Waals surface area contributed by atoms with Crippen LogP contribution in [0.3, 0.4) is 0 Å². The van der Waals surface area contributed by atoms with Gasteiger partial charge in [-0.25, -0.2) is 0 Å². The Labute approximate surface area is 129 Å². The molecule has 1 aliphatic heterocycles. The van der Waals surface area contributed by atoms with Gasteiger partial charge in [-0.05, 0) is 12.8 Å². The first kappa shape index (κ1) is 18.9. The van der Waals surface area contributed by atoms with E-state index in [9.17, 15) is 32.3 Å². The normalized spacial score (nSPS) is 18.9. The average molecular weight is 339 g/mol. The zero-order chi connectivity index (χ0) is 17.5. The van der Waals surface area contributed by atoms with Crippen LogP contribution in [-0.2, 0) is 23.9 Å². The summed E-state index contributed by atoms with van der Waals surface area (Å²) < 4.78 is 39.5. The van der Waals surface area contributed by atoms with Crippen molar-refractivity contribution in [1.29, 1.82) is 0 Å². The van der Waals surface area contributed by atoms with Gasteiger partial charge in [0.2, 0.25) is 18.2 Å². The predicted octanol–water partition coefficient (Wildman–Crippen LogP) is -1.15. The molecule has 0 bridgehead atoms. The lowest BCUT2D eigenvalue weighted by molar-refractivity contribution is -0.321. The van der Waals surface area contributed by atoms with Crippen molar-refractivity contribution in [2.75, 3.05) is 19.7 Å². The van der Waals surface area contributed by atoms with Crippen molar-refractivity contribution in [3.8, 4) is 0 Å². The molecule has 0 saturated carbocycles. The van der Waals surface area contributed by atoms with Crippen molar-refractivity contribution in [3.05, 3.63) is 0 Å². The van der Waals surface area contributed by atoms with Crippen molar-refractivity contribution >= 4 is 24.0 Å². The number of halogens is 3. The van der Waals surface area contributed by atoms with E-state index in [-0.39, 0.29) is 18.7 Å². The minimum absolute atomic E-state index is 0.140. The highest BCUT2D eigenvalue weighted by molar-refractivity contribution is 5.91. The van der Waals surface area contributed by atoms with Gasteiger partial charge in [0.1, 0.15) is 6.61 Å². The van der Waals surface area contributed by atoms with Gasteiger partial charge in [-0.2, -0.15) is 0 Å². The van der Waals surface area contributed by atoms with E-state index in [0.717, 1.165) is 0 Å². The molecule has 3 N–H and O–H groups in total. The maximum Gasteiger partial charge on any atom is 0.522 e. The van der Waals surface area contributed by atoms with Gasteiger partial charge in [0, 0.05) is 12.5 Å². The van der Waals surface area contributed by atoms with E-state index in [4.69, 9.17) is 0 Å². The molecule has 1 fully saturated rings. The number of hydrogen-bond acceptors (Lipinski definition) is 5. The van der Waals surface area contributed by atoms with E-state index in [1.807, 2.05) is 0 Å². The van der Waals surface area contributed by atoms with Crippen LogP contribution in [0.1, 0.15) is 12.8 Å². The smallest absolute Gasteiger partial charge is 0.356 e. The number of carbonyl (C=O) groups excluding carboxylic acids is 4. The lowest BCUT2D eigenvalue weighted by atomic mass is 9.96. The Balaban J connectivity index is 2.66. The van der Waals surface area contributed by atoms with E-state index in [2.05, 4.69) is 20.7 Å². The standard InChI is InChI=1S/C12H16F3N3O5/c13-12(14,15)23-5-9(20)8(18-10(21)4-16-6-19)3-7-1-2-17-11(7)22/h6-8H,1-5H2,(H,16,19)(H,17,22)(H,18,21). The monoisotopic (exact) mass is 339 g/mol. The molecule has 0 spiro atoms. The first-order valence-corrected chi connectivity index (χ1v) is 6.70. The highest BCUT2D eigenvalue weighted by atomic mass is 19.4. The van der Waals surface area contributed by atoms with Crippen LogP contribution in [0, 0.1) is 5.92 Å². The maximum atomic E-state index is 12.0. The molecule has 2 unspecified atom stereocenters. The summed E-state index contributed by atoms with van der Waals surface area (Å²) in [4.78, 5) is 45.0. The van der Waals surface area contributed by atoms with Crippen molar-refractivity contribution < 1.29 is 37.1 Å². The molecule has 1 rings (SSSR count). The number of ether oxygens (including phenoxy) is 1. The van der Waals surface area contributed by atoms with Crippen LogP contribution in [0.2, 0.25) is 0 Å². The summed E-state index contributed by atoms with van der Waals surface area (Å²) in [6.07, 6.45) is -4.45. The second-order valence-corrected chi connectivity index (χ2v) is 4.83. The quantitative estimate of drug-likeness (QED) is 0.459. The van der Waals surface area contributed by atoms with Crippen LogP contribution < -0.4 is 16.0 Å². The number of alkyl halides is 3. The molecule has 0 aromatic carbocycles. The lowest BCUT2D eigenvalue weighted by Gasteiger charge is -2.20. The van der Waals surface area contributed by atoms with Crippen LogP contribution >= 0.6 is 0 Å². The third-order valence-electron chi connectivity index (χ3n) is 3.13. The molecule has 1 heterocycles. The highest BCUT2D eigenvalue weighted by Gasteiger charge is 2.34. The Morgan fingerprint density at radius 2 is 2.13 bits per heavy atom. The number of ketones is 1. The number of nitrogens with one attached hydrogen (secondary N) is 3. The van der Waals surface area contributed by atoms with Gasteiger partial charge in [0.25, 0.3) is 0 Å². The van der Waals surface area contributed by atoms with Crippen molar-refractivity contribution in [1.82, 2.24) is 16.0 Å². The molecule has 2 atom stereocenters. The molecule has 0 aliphatic carbocycles. The molecule has 8 nitrogen and oxygen atoms in total. The summed E-state index contributed by atoms with van der Waals surface area (Å²) in [5.41, 5.74) is 0. The number of amides is 3. The zero-order valence-corrected chi connectivity index (χ0v) is 11.9. The second kappa shape index (κ2) is 8.46. The van der Waals surface area contributed by atoms with Gasteiger partial charge in [-0.15, -0.1) is 13.2 Å². The molecular formula is C12H16F3N3O5. The summed E-state index contributed by atoms with van der Waals surface area (Å²) in [5, 5.41) is 6.78. The van der Waals surface area contributed by atoms with Crippen LogP contribution in [0.25, 0.3) is 0 Å². The summed E-state index contributed by atoms with van der Waals surface area (Å²) in [7, 11) is 0. The molecule has 3 amide bonds. The Kier molecular flexibility index (Phi) is 6.94. The van der Waals surface area contributed by atoms with E-state index in [1.54, 1.807) is 0 Å². The van der Waals surface area contributed by atoms with E-state index < -0.39 is 43.2 Å². The molecule has 0 aromatic rings. The number of hydrogen-bond donors (Lipinski definition) is 3. The summed E-state index contributed by atoms with van der Waals surface area (Å²) in [6.45, 7) is -1.32. The fourth-order valence-corrected chi connectivity index (χ4v) is 2.06. The van der Waals surface area contributed by atoms with Gasteiger partial charge >= 0.3 is 6.36 Å². The fraction of sp³-hybridized carbons (Fsp3) is 0.667. The predicted molar refractivity (Wildman–Crippen MR) is 68.7 cm³/mol. The van der Waals surface area contributed by atoms with Crippen LogP contribution in [0.15, 0.2) is 0 Å². The number of rotatable bonds is 9. The van der Waals surface area contributed by atoms with Crippen LogP contribution in [0.4, 0.5) is 13.2 Å². The van der Waals surface area contributed by atoms with E-state index in [0.29, 0.717) is 13.0 Å². The van der Waals surface area contributed by atoms with E-state index in [1.165, 1.54) is 0 Å². The van der Waals surface area contributed by atoms with Gasteiger partial charge < -0.3 is 16.0 Å². The molecule has 130 valence electrons. The molecular weight excluding hydrogens is 323 g/mol. The van der Waals surface area contributed by atoms with Crippen LogP contribution in [-0.4, -0.2) is 56.1 Å². The fourth-order valence-electron chi connectivity index (χ4n) is 2.06. The minimum atomic E-state index is -4.98. The molecule has 1 aliphatic rings. The second-order valence-electron chi connectivity index (χ2n) is 4.83. The van der Waals surface area contributed by atoms with Gasteiger partial charge in [-0.3, -0.25) is 23.9 Å². The van der Waals surface area contributed by atoms with Gasteiger partial charge in [0.05, 0.1) is 12.6 Å². The molecule has 11 heteroatoms. The largest absolute Gasteiger partial charge is 0.522 e. The molecule has 1 saturated heterocycles. The summed E-state index contributed by atoms with van der Waals surface area (Å²) in [5.74, 6) is -2.70.